The lowest BCUT2D eigenvalue weighted by Gasteiger charge is -2.06. The van der Waals surface area contributed by atoms with Gasteiger partial charge in [-0.15, -0.1) is 23.1 Å². The Morgan fingerprint density at radius 2 is 1.75 bits per heavy atom. The van der Waals surface area contributed by atoms with Gasteiger partial charge in [-0.05, 0) is 67.1 Å². The van der Waals surface area contributed by atoms with Gasteiger partial charge in [0, 0.05) is 4.90 Å². The van der Waals surface area contributed by atoms with Crippen LogP contribution in [0.3, 0.4) is 0 Å². The summed E-state index contributed by atoms with van der Waals surface area (Å²) in [5, 5.41) is 18.7. The molecule has 1 heterocycles. The minimum absolute atomic E-state index is 0.0716. The van der Waals surface area contributed by atoms with E-state index in [2.05, 4.69) is 0 Å². The molecule has 0 unspecified atom stereocenters. The highest BCUT2D eigenvalue weighted by molar-refractivity contribution is 7.98. The molecule has 3 rings (SSSR count). The molecule has 0 amide bonds. The molecule has 0 aliphatic carbocycles. The van der Waals surface area contributed by atoms with E-state index in [0.717, 1.165) is 32.9 Å². The highest BCUT2D eigenvalue weighted by atomic mass is 32.2. The molecule has 0 atom stereocenters. The summed E-state index contributed by atoms with van der Waals surface area (Å²) in [5.74, 6) is 0. The Kier molecular flexibility index (Phi) is 5.84. The fourth-order valence-electron chi connectivity index (χ4n) is 2.72. The predicted molar refractivity (Wildman–Crippen MR) is 115 cm³/mol. The van der Waals surface area contributed by atoms with Crippen molar-refractivity contribution in [1.82, 2.24) is 4.57 Å². The molecule has 0 saturated heterocycles. The third-order valence-electron chi connectivity index (χ3n) is 4.42. The van der Waals surface area contributed by atoms with E-state index in [9.17, 15) is 15.3 Å². The van der Waals surface area contributed by atoms with Crippen molar-refractivity contribution >= 4 is 34.7 Å². The summed E-state index contributed by atoms with van der Waals surface area (Å²) >= 11 is 2.81. The number of benzene rings is 2. The van der Waals surface area contributed by atoms with Crippen LogP contribution in [0.4, 0.5) is 0 Å². The van der Waals surface area contributed by atoms with Crippen LogP contribution in [-0.4, -0.2) is 10.8 Å². The first-order chi connectivity index (χ1) is 13.5. The summed E-state index contributed by atoms with van der Waals surface area (Å²) in [6, 6.07) is 17.4. The third-order valence-corrected chi connectivity index (χ3v) is 6.26. The van der Waals surface area contributed by atoms with Crippen LogP contribution >= 0.6 is 23.1 Å². The van der Waals surface area contributed by atoms with E-state index in [-0.39, 0.29) is 11.1 Å². The van der Waals surface area contributed by atoms with Crippen LogP contribution in [0.5, 0.6) is 0 Å². The highest BCUT2D eigenvalue weighted by Crippen LogP contribution is 2.15. The Morgan fingerprint density at radius 3 is 2.32 bits per heavy atom. The maximum absolute atomic E-state index is 13.2. The summed E-state index contributed by atoms with van der Waals surface area (Å²) in [7, 11) is 0. The second-order valence-electron chi connectivity index (χ2n) is 6.20. The van der Waals surface area contributed by atoms with Crippen molar-refractivity contribution in [2.24, 2.45) is 0 Å². The Bertz CT molecular complexity index is 1280. The van der Waals surface area contributed by atoms with Crippen molar-refractivity contribution in [1.29, 1.82) is 10.5 Å². The van der Waals surface area contributed by atoms with Gasteiger partial charge in [0.05, 0.1) is 10.2 Å². The van der Waals surface area contributed by atoms with E-state index in [1.165, 1.54) is 4.57 Å². The van der Waals surface area contributed by atoms with E-state index in [1.807, 2.05) is 74.7 Å². The minimum atomic E-state index is -0.236. The first kappa shape index (κ1) is 19.7. The lowest BCUT2D eigenvalue weighted by Crippen LogP contribution is -2.30. The van der Waals surface area contributed by atoms with Gasteiger partial charge in [0.25, 0.3) is 5.56 Å². The smallest absolute Gasteiger partial charge is 0.267 e. The largest absolute Gasteiger partial charge is 0.273 e. The Hall–Kier alpha value is -3.06. The third kappa shape index (κ3) is 3.80. The van der Waals surface area contributed by atoms with Gasteiger partial charge in [-0.2, -0.15) is 10.5 Å². The fourth-order valence-corrected chi connectivity index (χ4v) is 4.18. The van der Waals surface area contributed by atoms with Crippen molar-refractivity contribution in [3.63, 3.8) is 0 Å². The van der Waals surface area contributed by atoms with E-state index in [1.54, 1.807) is 17.8 Å². The maximum atomic E-state index is 13.2. The average Bonchev–Trinajstić information content (AvgIpc) is 3.02. The first-order valence-corrected chi connectivity index (χ1v) is 10.5. The van der Waals surface area contributed by atoms with Crippen LogP contribution < -0.4 is 14.8 Å². The first-order valence-electron chi connectivity index (χ1n) is 8.48. The molecule has 1 aromatic heterocycles. The molecule has 0 aliphatic rings. The van der Waals surface area contributed by atoms with Gasteiger partial charge < -0.3 is 0 Å². The molecule has 0 bridgehead atoms. The second-order valence-corrected chi connectivity index (χ2v) is 8.11. The SMILES string of the molecule is CSc1ccc(/C=c2\sc(=C(C#N)C#N)n(-c3ccc(C)c(C)c3)c2=O)cc1. The molecule has 0 radical (unpaired) electrons. The van der Waals surface area contributed by atoms with Gasteiger partial charge in [-0.1, -0.05) is 18.2 Å². The predicted octanol–water partition coefficient (Wildman–Crippen LogP) is 3.26. The van der Waals surface area contributed by atoms with Crippen molar-refractivity contribution in [3.05, 3.63) is 78.7 Å². The standard InChI is InChI=1S/C22H17N3OS2/c1-14-4-7-18(10-15(14)2)25-21(26)20(28-22(25)17(12-23)13-24)11-16-5-8-19(27-3)9-6-16/h4-11H,1-3H3/b20-11-. The van der Waals surface area contributed by atoms with Crippen LogP contribution in [0.15, 0.2) is 52.2 Å². The Balaban J connectivity index is 2.33. The van der Waals surface area contributed by atoms with Gasteiger partial charge >= 0.3 is 0 Å². The minimum Gasteiger partial charge on any atom is -0.267 e. The van der Waals surface area contributed by atoms with E-state index >= 15 is 0 Å². The molecule has 0 saturated carbocycles. The van der Waals surface area contributed by atoms with Crippen LogP contribution in [0, 0.1) is 36.5 Å². The van der Waals surface area contributed by atoms with Crippen molar-refractivity contribution in [2.45, 2.75) is 18.7 Å². The number of aromatic nitrogens is 1. The second kappa shape index (κ2) is 8.31. The fraction of sp³-hybridized carbons (Fsp3) is 0.136. The molecule has 6 heteroatoms. The van der Waals surface area contributed by atoms with E-state index in [0.29, 0.717) is 14.9 Å². The van der Waals surface area contributed by atoms with E-state index in [4.69, 9.17) is 0 Å². The molecule has 2 aromatic carbocycles. The van der Waals surface area contributed by atoms with Gasteiger partial charge in [0.1, 0.15) is 16.8 Å². The molecule has 0 N–H and O–H groups in total. The van der Waals surface area contributed by atoms with Crippen LogP contribution in [0.1, 0.15) is 16.7 Å². The molecular formula is C22H17N3OS2. The number of nitrogens with zero attached hydrogens (tertiary/aromatic N) is 3. The van der Waals surface area contributed by atoms with Gasteiger partial charge in [0.15, 0.2) is 5.57 Å². The quantitative estimate of drug-likeness (QED) is 0.630. The molecular weight excluding hydrogens is 386 g/mol. The summed E-state index contributed by atoms with van der Waals surface area (Å²) < 4.78 is 2.29. The molecule has 0 aliphatic heterocycles. The number of rotatable bonds is 3. The van der Waals surface area contributed by atoms with Gasteiger partial charge in [-0.3, -0.25) is 9.36 Å². The summed E-state index contributed by atoms with van der Waals surface area (Å²) in [4.78, 5) is 14.3. The lowest BCUT2D eigenvalue weighted by molar-refractivity contribution is 0.983. The normalized spacial score (nSPS) is 11.1. The van der Waals surface area contributed by atoms with Crippen molar-refractivity contribution in [3.8, 4) is 17.8 Å². The molecule has 4 nitrogen and oxygen atoms in total. The van der Waals surface area contributed by atoms with Crippen LogP contribution in [0.2, 0.25) is 0 Å². The number of aryl methyl sites for hydroxylation is 2. The molecule has 138 valence electrons. The topological polar surface area (TPSA) is 69.6 Å². The number of thiazole rings is 1. The summed E-state index contributed by atoms with van der Waals surface area (Å²) in [5.41, 5.74) is 3.39. The zero-order valence-corrected chi connectivity index (χ0v) is 17.3. The van der Waals surface area contributed by atoms with Crippen molar-refractivity contribution < 1.29 is 0 Å². The van der Waals surface area contributed by atoms with Crippen LogP contribution in [-0.2, 0) is 0 Å². The van der Waals surface area contributed by atoms with Crippen LogP contribution in [0.25, 0.3) is 17.3 Å². The Labute approximate surface area is 171 Å². The monoisotopic (exact) mass is 403 g/mol. The van der Waals surface area contributed by atoms with Gasteiger partial charge in [0.2, 0.25) is 0 Å². The molecule has 3 aromatic rings. The zero-order valence-electron chi connectivity index (χ0n) is 15.7. The molecule has 0 fully saturated rings. The molecule has 0 spiro atoms. The molecule has 28 heavy (non-hydrogen) atoms. The average molecular weight is 404 g/mol. The van der Waals surface area contributed by atoms with Gasteiger partial charge in [-0.25, -0.2) is 0 Å². The number of hydrogen-bond donors (Lipinski definition) is 0. The number of thioether (sulfide) groups is 1. The number of hydrogen-bond acceptors (Lipinski definition) is 5. The number of nitriles is 2. The summed E-state index contributed by atoms with van der Waals surface area (Å²) in [6.07, 6.45) is 3.80. The lowest BCUT2D eigenvalue weighted by atomic mass is 10.1. The highest BCUT2D eigenvalue weighted by Gasteiger charge is 2.12. The van der Waals surface area contributed by atoms with E-state index < -0.39 is 0 Å². The maximum Gasteiger partial charge on any atom is 0.273 e. The zero-order chi connectivity index (χ0) is 20.3. The Morgan fingerprint density at radius 1 is 1.07 bits per heavy atom. The van der Waals surface area contributed by atoms with Crippen molar-refractivity contribution in [2.75, 3.05) is 6.26 Å². The summed E-state index contributed by atoms with van der Waals surface area (Å²) in [6.45, 7) is 3.96.